The first-order chi connectivity index (χ1) is 7.31. The molecule has 0 aliphatic heterocycles. The number of aromatic nitrogens is 2. The molecule has 1 amide bonds. The van der Waals surface area contributed by atoms with Crippen molar-refractivity contribution in [1.82, 2.24) is 14.7 Å². The van der Waals surface area contributed by atoms with E-state index in [9.17, 15) is 9.90 Å². The van der Waals surface area contributed by atoms with Gasteiger partial charge in [-0.25, -0.2) is 0 Å². The van der Waals surface area contributed by atoms with Gasteiger partial charge in [-0.1, -0.05) is 0 Å². The Morgan fingerprint density at radius 1 is 1.62 bits per heavy atom. The summed E-state index contributed by atoms with van der Waals surface area (Å²) in [5, 5.41) is 13.3. The summed E-state index contributed by atoms with van der Waals surface area (Å²) < 4.78 is 1.66. The standard InChI is InChI=1S/C11H19N3O2/c1-8-9(6-12-14(8)5)10(16)13(4)11(2,3)7-15/h6,15H,7H2,1-5H3. The van der Waals surface area contributed by atoms with Crippen molar-refractivity contribution < 1.29 is 9.90 Å². The van der Waals surface area contributed by atoms with E-state index >= 15 is 0 Å². The highest BCUT2D eigenvalue weighted by molar-refractivity contribution is 5.95. The summed E-state index contributed by atoms with van der Waals surface area (Å²) in [6, 6.07) is 0. The van der Waals surface area contributed by atoms with Crippen LogP contribution < -0.4 is 0 Å². The summed E-state index contributed by atoms with van der Waals surface area (Å²) in [5.74, 6) is -0.121. The molecule has 0 unspecified atom stereocenters. The number of carbonyl (C=O) groups excluding carboxylic acids is 1. The van der Waals surface area contributed by atoms with Gasteiger partial charge in [0.2, 0.25) is 0 Å². The number of amides is 1. The number of likely N-dealkylation sites (N-methyl/N-ethyl adjacent to an activating group) is 1. The molecule has 0 bridgehead atoms. The van der Waals surface area contributed by atoms with Crippen LogP contribution in [0.2, 0.25) is 0 Å². The molecule has 5 nitrogen and oxygen atoms in total. The van der Waals surface area contributed by atoms with Crippen LogP contribution >= 0.6 is 0 Å². The number of rotatable bonds is 3. The van der Waals surface area contributed by atoms with Gasteiger partial charge in [0.15, 0.2) is 0 Å². The highest BCUT2D eigenvalue weighted by Gasteiger charge is 2.29. The van der Waals surface area contributed by atoms with Gasteiger partial charge in [0.05, 0.1) is 23.9 Å². The van der Waals surface area contributed by atoms with E-state index in [-0.39, 0.29) is 12.5 Å². The lowest BCUT2D eigenvalue weighted by molar-refractivity contribution is 0.0472. The molecule has 5 heteroatoms. The number of aliphatic hydroxyl groups excluding tert-OH is 1. The van der Waals surface area contributed by atoms with Crippen LogP contribution in [0.3, 0.4) is 0 Å². The predicted molar refractivity (Wildman–Crippen MR) is 61.2 cm³/mol. The van der Waals surface area contributed by atoms with Crippen molar-refractivity contribution in [3.05, 3.63) is 17.5 Å². The van der Waals surface area contributed by atoms with Crippen LogP contribution in [0.1, 0.15) is 29.9 Å². The zero-order chi connectivity index (χ0) is 12.5. The van der Waals surface area contributed by atoms with E-state index in [1.807, 2.05) is 20.8 Å². The molecular formula is C11H19N3O2. The minimum atomic E-state index is -0.570. The first-order valence-electron chi connectivity index (χ1n) is 5.19. The van der Waals surface area contributed by atoms with Gasteiger partial charge in [-0.2, -0.15) is 5.10 Å². The minimum Gasteiger partial charge on any atom is -0.394 e. The van der Waals surface area contributed by atoms with Crippen LogP contribution in [0, 0.1) is 6.92 Å². The van der Waals surface area contributed by atoms with Gasteiger partial charge >= 0.3 is 0 Å². The molecule has 1 aromatic heterocycles. The van der Waals surface area contributed by atoms with E-state index in [0.29, 0.717) is 5.56 Å². The normalized spacial score (nSPS) is 11.6. The molecule has 0 saturated heterocycles. The Balaban J connectivity index is 2.99. The van der Waals surface area contributed by atoms with E-state index in [4.69, 9.17) is 0 Å². The molecule has 16 heavy (non-hydrogen) atoms. The van der Waals surface area contributed by atoms with Crippen molar-refractivity contribution in [1.29, 1.82) is 0 Å². The molecular weight excluding hydrogens is 206 g/mol. The van der Waals surface area contributed by atoms with Gasteiger partial charge in [0.1, 0.15) is 0 Å². The second-order valence-corrected chi connectivity index (χ2v) is 4.60. The molecule has 90 valence electrons. The van der Waals surface area contributed by atoms with Crippen molar-refractivity contribution in [2.75, 3.05) is 13.7 Å². The summed E-state index contributed by atoms with van der Waals surface area (Å²) in [6.45, 7) is 5.40. The second kappa shape index (κ2) is 4.25. The highest BCUT2D eigenvalue weighted by atomic mass is 16.3. The molecule has 1 aromatic rings. The number of aryl methyl sites for hydroxylation is 1. The van der Waals surface area contributed by atoms with Crippen molar-refractivity contribution in [3.63, 3.8) is 0 Å². The Hall–Kier alpha value is -1.36. The maximum Gasteiger partial charge on any atom is 0.257 e. The van der Waals surface area contributed by atoms with Crippen molar-refractivity contribution in [2.24, 2.45) is 7.05 Å². The smallest absolute Gasteiger partial charge is 0.257 e. The average Bonchev–Trinajstić information content (AvgIpc) is 2.58. The average molecular weight is 225 g/mol. The molecule has 1 N–H and O–H groups in total. The lowest BCUT2D eigenvalue weighted by Gasteiger charge is -2.33. The third kappa shape index (κ3) is 2.09. The van der Waals surface area contributed by atoms with E-state index in [2.05, 4.69) is 5.10 Å². The summed E-state index contributed by atoms with van der Waals surface area (Å²) >= 11 is 0. The molecule has 1 heterocycles. The van der Waals surface area contributed by atoms with Crippen molar-refractivity contribution in [3.8, 4) is 0 Å². The zero-order valence-electron chi connectivity index (χ0n) is 10.5. The van der Waals surface area contributed by atoms with Gasteiger partial charge in [0, 0.05) is 19.8 Å². The number of carbonyl (C=O) groups is 1. The zero-order valence-corrected chi connectivity index (χ0v) is 10.5. The highest BCUT2D eigenvalue weighted by Crippen LogP contribution is 2.16. The number of hydrogen-bond donors (Lipinski definition) is 1. The fourth-order valence-electron chi connectivity index (χ4n) is 1.27. The van der Waals surface area contributed by atoms with Crippen LogP contribution in [0.5, 0.6) is 0 Å². The van der Waals surface area contributed by atoms with Crippen molar-refractivity contribution in [2.45, 2.75) is 26.3 Å². The number of aliphatic hydroxyl groups is 1. The van der Waals surface area contributed by atoms with Crippen LogP contribution in [-0.4, -0.2) is 44.9 Å². The van der Waals surface area contributed by atoms with Crippen LogP contribution in [-0.2, 0) is 7.05 Å². The molecule has 0 radical (unpaired) electrons. The Bertz CT molecular complexity index is 396. The molecule has 0 atom stereocenters. The van der Waals surface area contributed by atoms with E-state index in [0.717, 1.165) is 5.69 Å². The maximum atomic E-state index is 12.1. The molecule has 0 fully saturated rings. The van der Waals surface area contributed by atoms with Gasteiger partial charge in [-0.15, -0.1) is 0 Å². The second-order valence-electron chi connectivity index (χ2n) is 4.60. The van der Waals surface area contributed by atoms with Gasteiger partial charge in [-0.3, -0.25) is 9.48 Å². The number of hydrogen-bond acceptors (Lipinski definition) is 3. The summed E-state index contributed by atoms with van der Waals surface area (Å²) in [7, 11) is 3.48. The van der Waals surface area contributed by atoms with E-state index in [1.54, 1.807) is 25.0 Å². The molecule has 1 rings (SSSR count). The Morgan fingerprint density at radius 3 is 2.56 bits per heavy atom. The third-order valence-electron chi connectivity index (χ3n) is 3.07. The quantitative estimate of drug-likeness (QED) is 0.818. The van der Waals surface area contributed by atoms with E-state index in [1.165, 1.54) is 4.90 Å². The largest absolute Gasteiger partial charge is 0.394 e. The molecule has 0 aromatic carbocycles. The lowest BCUT2D eigenvalue weighted by Crippen LogP contribution is -2.47. The monoisotopic (exact) mass is 225 g/mol. The Labute approximate surface area is 95.7 Å². The Morgan fingerprint density at radius 2 is 2.19 bits per heavy atom. The van der Waals surface area contributed by atoms with Gasteiger partial charge in [-0.05, 0) is 20.8 Å². The molecule has 0 saturated carbocycles. The van der Waals surface area contributed by atoms with Gasteiger partial charge < -0.3 is 10.0 Å². The first-order valence-corrected chi connectivity index (χ1v) is 5.19. The van der Waals surface area contributed by atoms with Crippen LogP contribution in [0.15, 0.2) is 6.20 Å². The van der Waals surface area contributed by atoms with Crippen molar-refractivity contribution >= 4 is 5.91 Å². The minimum absolute atomic E-state index is 0.0749. The van der Waals surface area contributed by atoms with Gasteiger partial charge in [0.25, 0.3) is 5.91 Å². The molecule has 0 spiro atoms. The lowest BCUT2D eigenvalue weighted by atomic mass is 10.0. The predicted octanol–water partition coefficient (Wildman–Crippen LogP) is 0.571. The molecule has 0 aliphatic carbocycles. The summed E-state index contributed by atoms with van der Waals surface area (Å²) in [5.41, 5.74) is 0.830. The SMILES string of the molecule is Cc1c(C(=O)N(C)C(C)(C)CO)cnn1C. The molecule has 0 aliphatic rings. The maximum absolute atomic E-state index is 12.1. The Kier molecular flexibility index (Phi) is 3.38. The van der Waals surface area contributed by atoms with E-state index < -0.39 is 5.54 Å². The van der Waals surface area contributed by atoms with Crippen LogP contribution in [0.4, 0.5) is 0 Å². The number of nitrogens with zero attached hydrogens (tertiary/aromatic N) is 3. The fraction of sp³-hybridized carbons (Fsp3) is 0.636. The third-order valence-corrected chi connectivity index (χ3v) is 3.07. The summed E-state index contributed by atoms with van der Waals surface area (Å²) in [4.78, 5) is 13.7. The topological polar surface area (TPSA) is 58.4 Å². The first kappa shape index (κ1) is 12.7. The summed E-state index contributed by atoms with van der Waals surface area (Å²) in [6.07, 6.45) is 1.56. The fourth-order valence-corrected chi connectivity index (χ4v) is 1.27. The van der Waals surface area contributed by atoms with Crippen LogP contribution in [0.25, 0.3) is 0 Å².